The third-order valence-corrected chi connectivity index (χ3v) is 4.73. The SMILES string of the molecule is CCSCc1nnc2sc(-c3ccccc3Cl)nn12. The maximum atomic E-state index is 6.19. The monoisotopic (exact) mass is 310 g/mol. The first-order chi connectivity index (χ1) is 9.29. The molecular formula is C12H11ClN4S2. The third-order valence-electron chi connectivity index (χ3n) is 2.59. The third kappa shape index (κ3) is 2.48. The summed E-state index contributed by atoms with van der Waals surface area (Å²) in [5, 5.41) is 14.5. The molecule has 0 radical (unpaired) electrons. The Kier molecular flexibility index (Phi) is 3.72. The number of halogens is 1. The molecule has 0 bridgehead atoms. The molecule has 2 aromatic heterocycles. The summed E-state index contributed by atoms with van der Waals surface area (Å²) in [5.74, 6) is 2.76. The van der Waals surface area contributed by atoms with Crippen molar-refractivity contribution in [3.63, 3.8) is 0 Å². The summed E-state index contributed by atoms with van der Waals surface area (Å²) in [6, 6.07) is 7.70. The van der Waals surface area contributed by atoms with Crippen LogP contribution in [0.5, 0.6) is 0 Å². The molecule has 0 spiro atoms. The lowest BCUT2D eigenvalue weighted by Crippen LogP contribution is -1.94. The Morgan fingerprint density at radius 1 is 1.32 bits per heavy atom. The van der Waals surface area contributed by atoms with E-state index in [0.717, 1.165) is 32.9 Å². The van der Waals surface area contributed by atoms with Gasteiger partial charge in [0.2, 0.25) is 4.96 Å². The summed E-state index contributed by atoms with van der Waals surface area (Å²) in [6.45, 7) is 2.12. The van der Waals surface area contributed by atoms with Crippen LogP contribution in [0.3, 0.4) is 0 Å². The second kappa shape index (κ2) is 5.48. The van der Waals surface area contributed by atoms with Crippen molar-refractivity contribution in [2.45, 2.75) is 12.7 Å². The molecule has 1 aromatic carbocycles. The maximum absolute atomic E-state index is 6.19. The molecule has 0 amide bonds. The van der Waals surface area contributed by atoms with Gasteiger partial charge >= 0.3 is 0 Å². The van der Waals surface area contributed by atoms with Gasteiger partial charge in [-0.25, -0.2) is 0 Å². The Morgan fingerprint density at radius 2 is 2.16 bits per heavy atom. The van der Waals surface area contributed by atoms with E-state index >= 15 is 0 Å². The topological polar surface area (TPSA) is 43.1 Å². The molecule has 7 heteroatoms. The molecule has 0 atom stereocenters. The van der Waals surface area contributed by atoms with E-state index in [9.17, 15) is 0 Å². The zero-order valence-electron chi connectivity index (χ0n) is 10.2. The predicted molar refractivity (Wildman–Crippen MR) is 80.9 cm³/mol. The van der Waals surface area contributed by atoms with Crippen molar-refractivity contribution in [3.8, 4) is 10.6 Å². The molecule has 0 saturated carbocycles. The van der Waals surface area contributed by atoms with E-state index in [1.807, 2.05) is 28.8 Å². The van der Waals surface area contributed by atoms with Crippen molar-refractivity contribution >= 4 is 39.7 Å². The van der Waals surface area contributed by atoms with Gasteiger partial charge in [-0.15, -0.1) is 10.2 Å². The minimum atomic E-state index is 0.706. The number of thioether (sulfide) groups is 1. The Morgan fingerprint density at radius 3 is 2.95 bits per heavy atom. The highest BCUT2D eigenvalue weighted by atomic mass is 35.5. The lowest BCUT2D eigenvalue weighted by Gasteiger charge is -1.98. The molecule has 0 saturated heterocycles. The Balaban J connectivity index is 2.03. The molecule has 0 aliphatic rings. The minimum Gasteiger partial charge on any atom is -0.186 e. The lowest BCUT2D eigenvalue weighted by atomic mass is 10.2. The zero-order valence-corrected chi connectivity index (χ0v) is 12.6. The van der Waals surface area contributed by atoms with Gasteiger partial charge < -0.3 is 0 Å². The second-order valence-corrected chi connectivity index (χ2v) is 6.47. The molecule has 3 rings (SSSR count). The van der Waals surface area contributed by atoms with Crippen LogP contribution < -0.4 is 0 Å². The standard InChI is InChI=1S/C12H11ClN4S2/c1-2-18-7-10-14-15-12-17(10)16-11(19-12)8-5-3-4-6-9(8)13/h3-6H,2,7H2,1H3. The summed E-state index contributed by atoms with van der Waals surface area (Å²) >= 11 is 9.50. The van der Waals surface area contributed by atoms with E-state index in [1.165, 1.54) is 11.3 Å². The van der Waals surface area contributed by atoms with Crippen LogP contribution in [0.25, 0.3) is 15.5 Å². The summed E-state index contributed by atoms with van der Waals surface area (Å²) < 4.78 is 1.81. The quantitative estimate of drug-likeness (QED) is 0.736. The van der Waals surface area contributed by atoms with Gasteiger partial charge in [0.05, 0.1) is 10.8 Å². The van der Waals surface area contributed by atoms with E-state index < -0.39 is 0 Å². The summed E-state index contributed by atoms with van der Waals surface area (Å²) in [6.07, 6.45) is 0. The van der Waals surface area contributed by atoms with Crippen molar-refractivity contribution in [1.29, 1.82) is 0 Å². The van der Waals surface area contributed by atoms with Gasteiger partial charge in [0, 0.05) is 5.56 Å². The van der Waals surface area contributed by atoms with Crippen LogP contribution in [0.1, 0.15) is 12.7 Å². The molecule has 3 aromatic rings. The van der Waals surface area contributed by atoms with Crippen LogP contribution in [-0.4, -0.2) is 25.6 Å². The fraction of sp³-hybridized carbons (Fsp3) is 0.250. The second-order valence-electron chi connectivity index (χ2n) is 3.83. The Hall–Kier alpha value is -1.11. The van der Waals surface area contributed by atoms with Crippen LogP contribution in [0.15, 0.2) is 24.3 Å². The normalized spacial score (nSPS) is 11.3. The van der Waals surface area contributed by atoms with E-state index in [2.05, 4.69) is 22.2 Å². The first kappa shape index (κ1) is 12.9. The number of hydrogen-bond acceptors (Lipinski definition) is 5. The van der Waals surface area contributed by atoms with Crippen LogP contribution in [0.4, 0.5) is 0 Å². The number of aromatic nitrogens is 4. The molecular weight excluding hydrogens is 300 g/mol. The van der Waals surface area contributed by atoms with Gasteiger partial charge in [-0.3, -0.25) is 0 Å². The predicted octanol–water partition coefficient (Wildman–Crippen LogP) is 3.76. The summed E-state index contributed by atoms with van der Waals surface area (Å²) in [7, 11) is 0. The molecule has 19 heavy (non-hydrogen) atoms. The maximum Gasteiger partial charge on any atom is 0.235 e. The van der Waals surface area contributed by atoms with E-state index in [1.54, 1.807) is 11.8 Å². The molecule has 0 aliphatic heterocycles. The molecule has 4 nitrogen and oxygen atoms in total. The van der Waals surface area contributed by atoms with Crippen LogP contribution >= 0.6 is 34.7 Å². The highest BCUT2D eigenvalue weighted by molar-refractivity contribution is 7.98. The van der Waals surface area contributed by atoms with Gasteiger partial charge in [-0.1, -0.05) is 48.1 Å². The van der Waals surface area contributed by atoms with Gasteiger partial charge in [0.15, 0.2) is 5.82 Å². The molecule has 0 aliphatic carbocycles. The van der Waals surface area contributed by atoms with Crippen molar-refractivity contribution in [3.05, 3.63) is 35.1 Å². The number of benzene rings is 1. The molecule has 0 N–H and O–H groups in total. The molecule has 98 valence electrons. The Bertz CT molecular complexity index is 707. The van der Waals surface area contributed by atoms with Crippen molar-refractivity contribution < 1.29 is 0 Å². The van der Waals surface area contributed by atoms with Crippen molar-refractivity contribution in [2.24, 2.45) is 0 Å². The average Bonchev–Trinajstić information content (AvgIpc) is 2.97. The van der Waals surface area contributed by atoms with Gasteiger partial charge in [0.1, 0.15) is 5.01 Å². The smallest absolute Gasteiger partial charge is 0.186 e. The fourth-order valence-electron chi connectivity index (χ4n) is 1.68. The van der Waals surface area contributed by atoms with Gasteiger partial charge in [0.25, 0.3) is 0 Å². The Labute approximate surface area is 123 Å². The number of nitrogens with zero attached hydrogens (tertiary/aromatic N) is 4. The first-order valence-corrected chi connectivity index (χ1v) is 8.18. The van der Waals surface area contributed by atoms with E-state index in [0.29, 0.717) is 5.02 Å². The minimum absolute atomic E-state index is 0.706. The fourth-order valence-corrected chi connectivity index (χ4v) is 3.43. The van der Waals surface area contributed by atoms with E-state index in [-0.39, 0.29) is 0 Å². The number of hydrogen-bond donors (Lipinski definition) is 0. The van der Waals surface area contributed by atoms with Crippen LogP contribution in [0, 0.1) is 0 Å². The number of rotatable bonds is 4. The van der Waals surface area contributed by atoms with Gasteiger partial charge in [-0.2, -0.15) is 21.4 Å². The largest absolute Gasteiger partial charge is 0.235 e. The molecule has 0 fully saturated rings. The van der Waals surface area contributed by atoms with E-state index in [4.69, 9.17) is 11.6 Å². The molecule has 2 heterocycles. The van der Waals surface area contributed by atoms with Crippen molar-refractivity contribution in [1.82, 2.24) is 19.8 Å². The number of fused-ring (bicyclic) bond motifs is 1. The highest BCUT2D eigenvalue weighted by Gasteiger charge is 2.14. The zero-order chi connectivity index (χ0) is 13.2. The van der Waals surface area contributed by atoms with Crippen LogP contribution in [0.2, 0.25) is 5.02 Å². The van der Waals surface area contributed by atoms with Crippen LogP contribution in [-0.2, 0) is 5.75 Å². The van der Waals surface area contributed by atoms with Crippen molar-refractivity contribution in [2.75, 3.05) is 5.75 Å². The first-order valence-electron chi connectivity index (χ1n) is 5.83. The highest BCUT2D eigenvalue weighted by Crippen LogP contribution is 2.31. The lowest BCUT2D eigenvalue weighted by molar-refractivity contribution is 0.887. The van der Waals surface area contributed by atoms with Gasteiger partial charge in [-0.05, 0) is 11.8 Å². The average molecular weight is 311 g/mol. The summed E-state index contributed by atoms with van der Waals surface area (Å²) in [4.78, 5) is 0.807. The summed E-state index contributed by atoms with van der Waals surface area (Å²) in [5.41, 5.74) is 0.939. The molecule has 0 unspecified atom stereocenters.